The van der Waals surface area contributed by atoms with Gasteiger partial charge >= 0.3 is 0 Å². The van der Waals surface area contributed by atoms with Crippen LogP contribution in [0.25, 0.3) is 0 Å². The standard InChI is InChI=1S/C20H24ClN5O/c1-2-3-15-7-4-13(11-23-15)6-9-17-18(21)25-20(22)26-19(17)24-16-8-5-14(10-16)12-27/h4,7,11,14,16,27H,2-3,5,8,10,12H2,1H3,(H3,22,24,25,26). The molecule has 27 heavy (non-hydrogen) atoms. The largest absolute Gasteiger partial charge is 0.396 e. The minimum absolute atomic E-state index is 0.107. The van der Waals surface area contributed by atoms with Gasteiger partial charge in [-0.25, -0.2) is 0 Å². The summed E-state index contributed by atoms with van der Waals surface area (Å²) in [6.45, 7) is 2.33. The van der Waals surface area contributed by atoms with E-state index >= 15 is 0 Å². The highest BCUT2D eigenvalue weighted by molar-refractivity contribution is 6.31. The van der Waals surface area contributed by atoms with Crippen molar-refractivity contribution in [2.45, 2.75) is 45.1 Å². The minimum atomic E-state index is 0.107. The summed E-state index contributed by atoms with van der Waals surface area (Å²) in [5, 5.41) is 12.9. The van der Waals surface area contributed by atoms with Crippen molar-refractivity contribution >= 4 is 23.4 Å². The van der Waals surface area contributed by atoms with Crippen molar-refractivity contribution in [3.63, 3.8) is 0 Å². The Kier molecular flexibility index (Phi) is 6.49. The molecule has 4 N–H and O–H groups in total. The molecule has 1 saturated carbocycles. The summed E-state index contributed by atoms with van der Waals surface area (Å²) in [5.74, 6) is 7.11. The maximum absolute atomic E-state index is 9.33. The topological polar surface area (TPSA) is 97.0 Å². The van der Waals surface area contributed by atoms with Crippen LogP contribution in [0.3, 0.4) is 0 Å². The predicted octanol–water partition coefficient (Wildman–Crippen LogP) is 3.03. The van der Waals surface area contributed by atoms with Crippen molar-refractivity contribution in [1.29, 1.82) is 0 Å². The third-order valence-corrected chi connectivity index (χ3v) is 4.96. The second-order valence-electron chi connectivity index (χ2n) is 6.84. The van der Waals surface area contributed by atoms with Crippen LogP contribution in [0.5, 0.6) is 0 Å². The van der Waals surface area contributed by atoms with E-state index in [1.807, 2.05) is 12.1 Å². The van der Waals surface area contributed by atoms with E-state index in [1.165, 1.54) is 0 Å². The van der Waals surface area contributed by atoms with Gasteiger partial charge in [0.1, 0.15) is 11.4 Å². The molecule has 6 nitrogen and oxygen atoms in total. The number of aliphatic hydroxyl groups excluding tert-OH is 1. The van der Waals surface area contributed by atoms with Crippen molar-refractivity contribution < 1.29 is 5.11 Å². The molecule has 1 aliphatic carbocycles. The molecule has 2 atom stereocenters. The molecular weight excluding hydrogens is 362 g/mol. The first-order valence-electron chi connectivity index (χ1n) is 9.26. The number of rotatable bonds is 5. The lowest BCUT2D eigenvalue weighted by atomic mass is 10.1. The highest BCUT2D eigenvalue weighted by Gasteiger charge is 2.25. The monoisotopic (exact) mass is 385 g/mol. The molecule has 1 aliphatic rings. The van der Waals surface area contributed by atoms with Gasteiger partial charge in [0.05, 0.1) is 0 Å². The van der Waals surface area contributed by atoms with Crippen LogP contribution in [0, 0.1) is 17.8 Å². The van der Waals surface area contributed by atoms with Gasteiger partial charge in [0, 0.05) is 30.1 Å². The van der Waals surface area contributed by atoms with Gasteiger partial charge in [-0.3, -0.25) is 4.98 Å². The van der Waals surface area contributed by atoms with Crippen LogP contribution in [0.1, 0.15) is 49.4 Å². The van der Waals surface area contributed by atoms with E-state index < -0.39 is 0 Å². The van der Waals surface area contributed by atoms with E-state index in [0.717, 1.165) is 43.4 Å². The zero-order valence-electron chi connectivity index (χ0n) is 15.4. The van der Waals surface area contributed by atoms with E-state index in [1.54, 1.807) is 6.20 Å². The lowest BCUT2D eigenvalue weighted by Crippen LogP contribution is -2.19. The molecule has 7 heteroatoms. The molecule has 0 aliphatic heterocycles. The number of hydrogen-bond acceptors (Lipinski definition) is 6. The zero-order valence-corrected chi connectivity index (χ0v) is 16.1. The first-order valence-corrected chi connectivity index (χ1v) is 9.64. The molecule has 2 heterocycles. The Morgan fingerprint density at radius 1 is 1.30 bits per heavy atom. The van der Waals surface area contributed by atoms with Crippen molar-refractivity contribution in [1.82, 2.24) is 15.0 Å². The van der Waals surface area contributed by atoms with Gasteiger partial charge in [0.25, 0.3) is 0 Å². The van der Waals surface area contributed by atoms with Crippen LogP contribution in [0.4, 0.5) is 11.8 Å². The van der Waals surface area contributed by atoms with Crippen molar-refractivity contribution in [3.05, 3.63) is 40.3 Å². The first-order chi connectivity index (χ1) is 13.1. The molecule has 2 aromatic heterocycles. The van der Waals surface area contributed by atoms with Gasteiger partial charge in [-0.05, 0) is 43.7 Å². The van der Waals surface area contributed by atoms with Crippen LogP contribution < -0.4 is 11.1 Å². The summed E-state index contributed by atoms with van der Waals surface area (Å²) in [5.41, 5.74) is 8.14. The molecule has 2 aromatic rings. The number of halogens is 1. The summed E-state index contributed by atoms with van der Waals surface area (Å²) >= 11 is 6.28. The molecule has 0 spiro atoms. The second kappa shape index (κ2) is 9.03. The maximum atomic E-state index is 9.33. The van der Waals surface area contributed by atoms with Crippen LogP contribution in [-0.2, 0) is 6.42 Å². The normalized spacial score (nSPS) is 18.8. The van der Waals surface area contributed by atoms with Gasteiger partial charge in [0.15, 0.2) is 5.15 Å². The number of pyridine rings is 1. The number of aliphatic hydroxyl groups is 1. The number of nitrogens with two attached hydrogens (primary N) is 1. The van der Waals surface area contributed by atoms with Crippen molar-refractivity contribution in [2.75, 3.05) is 17.7 Å². The molecular formula is C20H24ClN5O. The number of nitrogens with one attached hydrogen (secondary N) is 1. The molecule has 0 bridgehead atoms. The number of aryl methyl sites for hydroxylation is 1. The minimum Gasteiger partial charge on any atom is -0.396 e. The van der Waals surface area contributed by atoms with Crippen molar-refractivity contribution in [3.8, 4) is 11.8 Å². The summed E-state index contributed by atoms with van der Waals surface area (Å²) < 4.78 is 0. The Morgan fingerprint density at radius 3 is 2.81 bits per heavy atom. The molecule has 3 rings (SSSR count). The number of anilines is 2. The number of hydrogen-bond donors (Lipinski definition) is 3. The van der Waals surface area contributed by atoms with Crippen molar-refractivity contribution in [2.24, 2.45) is 5.92 Å². The number of nitrogens with zero attached hydrogens (tertiary/aromatic N) is 3. The summed E-state index contributed by atoms with van der Waals surface area (Å²) in [4.78, 5) is 12.7. The lowest BCUT2D eigenvalue weighted by molar-refractivity contribution is 0.229. The van der Waals surface area contributed by atoms with Gasteiger partial charge in [0.2, 0.25) is 5.95 Å². The third kappa shape index (κ3) is 5.09. The molecule has 2 unspecified atom stereocenters. The highest BCUT2D eigenvalue weighted by atomic mass is 35.5. The van der Waals surface area contributed by atoms with E-state index in [9.17, 15) is 5.11 Å². The molecule has 0 saturated heterocycles. The van der Waals surface area contributed by atoms with Gasteiger partial charge in [-0.15, -0.1) is 0 Å². The smallest absolute Gasteiger partial charge is 0.223 e. The van der Waals surface area contributed by atoms with Gasteiger partial charge < -0.3 is 16.2 Å². The SMILES string of the molecule is CCCc1ccc(C#Cc2c(Cl)nc(N)nc2NC2CCC(CO)C2)cn1. The fourth-order valence-corrected chi connectivity index (χ4v) is 3.49. The molecule has 1 fully saturated rings. The van der Waals surface area contributed by atoms with Gasteiger partial charge in [-0.1, -0.05) is 36.8 Å². The first kappa shape index (κ1) is 19.4. The molecule has 0 radical (unpaired) electrons. The lowest BCUT2D eigenvalue weighted by Gasteiger charge is -2.15. The zero-order chi connectivity index (χ0) is 19.2. The Balaban J connectivity index is 1.82. The van der Waals surface area contributed by atoms with Crippen LogP contribution >= 0.6 is 11.6 Å². The maximum Gasteiger partial charge on any atom is 0.223 e. The quantitative estimate of drug-likeness (QED) is 0.540. The van der Waals surface area contributed by atoms with Crippen LogP contribution in [0.15, 0.2) is 18.3 Å². The second-order valence-corrected chi connectivity index (χ2v) is 7.20. The van der Waals surface area contributed by atoms with E-state index in [2.05, 4.69) is 39.0 Å². The number of nitrogen functional groups attached to an aromatic ring is 1. The Hall–Kier alpha value is -2.36. The average Bonchev–Trinajstić information content (AvgIpc) is 3.10. The van der Waals surface area contributed by atoms with Crippen LogP contribution in [-0.4, -0.2) is 32.7 Å². The Labute approximate surface area is 164 Å². The average molecular weight is 386 g/mol. The Bertz CT molecular complexity index is 844. The highest BCUT2D eigenvalue weighted by Crippen LogP contribution is 2.29. The summed E-state index contributed by atoms with van der Waals surface area (Å²) in [7, 11) is 0. The van der Waals surface area contributed by atoms with E-state index in [4.69, 9.17) is 17.3 Å². The third-order valence-electron chi connectivity index (χ3n) is 4.69. The summed E-state index contributed by atoms with van der Waals surface area (Å²) in [6.07, 6.45) is 6.61. The number of aromatic nitrogens is 3. The van der Waals surface area contributed by atoms with Gasteiger partial charge in [-0.2, -0.15) is 9.97 Å². The molecule has 142 valence electrons. The fraction of sp³-hybridized carbons (Fsp3) is 0.450. The Morgan fingerprint density at radius 2 is 2.15 bits per heavy atom. The van der Waals surface area contributed by atoms with E-state index in [-0.39, 0.29) is 23.8 Å². The molecule has 0 aromatic carbocycles. The fourth-order valence-electron chi connectivity index (χ4n) is 3.27. The summed E-state index contributed by atoms with van der Waals surface area (Å²) in [6, 6.07) is 4.15. The predicted molar refractivity (Wildman–Crippen MR) is 108 cm³/mol. The van der Waals surface area contributed by atoms with Crippen LogP contribution in [0.2, 0.25) is 5.15 Å². The van der Waals surface area contributed by atoms with E-state index in [0.29, 0.717) is 17.3 Å². The molecule has 0 amide bonds.